The van der Waals surface area contributed by atoms with Crippen LogP contribution in [0.1, 0.15) is 40.5 Å². The van der Waals surface area contributed by atoms with Crippen molar-refractivity contribution in [3.05, 3.63) is 0 Å². The van der Waals surface area contributed by atoms with E-state index >= 15 is 0 Å². The quantitative estimate of drug-likeness (QED) is 0.668. The Morgan fingerprint density at radius 1 is 1.29 bits per heavy atom. The number of carbonyl (C=O) groups excluding carboxylic acids is 1. The van der Waals surface area contributed by atoms with E-state index in [-0.39, 0.29) is 5.97 Å². The lowest BCUT2D eigenvalue weighted by Gasteiger charge is -2.16. The predicted octanol–water partition coefficient (Wildman–Crippen LogP) is 2.47. The van der Waals surface area contributed by atoms with E-state index in [4.69, 9.17) is 0 Å². The van der Waals surface area contributed by atoms with E-state index < -0.39 is 0 Å². The highest BCUT2D eigenvalue weighted by Crippen LogP contribution is 1.92. The van der Waals surface area contributed by atoms with Crippen molar-refractivity contribution in [2.45, 2.75) is 40.5 Å². The van der Waals surface area contributed by atoms with Crippen molar-refractivity contribution in [3.63, 3.8) is 0 Å². The monoisotopic (exact) mass is 221 g/mol. The summed E-state index contributed by atoms with van der Waals surface area (Å²) >= 11 is 0. The summed E-state index contributed by atoms with van der Waals surface area (Å²) < 4.78 is 4.03. The third kappa shape index (κ3) is 14.4. The smallest absolute Gasteiger partial charge is 0.304 e. The van der Waals surface area contributed by atoms with Gasteiger partial charge in [0.2, 0.25) is 0 Å². The van der Waals surface area contributed by atoms with Crippen LogP contribution in [0.25, 0.3) is 0 Å². The van der Waals surface area contributed by atoms with Crippen LogP contribution in [0.2, 0.25) is 0 Å². The summed E-state index contributed by atoms with van der Waals surface area (Å²) in [6, 6.07) is 0. The standard InChI is InChI=1S/C8H19N.C2H5O2P/c1-4-7-8-9(5-2)6-3;1-2(3)4-5/h4-8H2,1-3H3;5H2,1H3. The van der Waals surface area contributed by atoms with E-state index in [0.29, 0.717) is 0 Å². The first kappa shape index (κ1) is 16.3. The molecule has 0 aromatic carbocycles. The average molecular weight is 221 g/mol. The molecule has 14 heavy (non-hydrogen) atoms. The second-order valence-electron chi connectivity index (χ2n) is 2.99. The van der Waals surface area contributed by atoms with Crippen LogP contribution in [-0.4, -0.2) is 30.5 Å². The maximum Gasteiger partial charge on any atom is 0.304 e. The van der Waals surface area contributed by atoms with E-state index in [0.717, 1.165) is 0 Å². The number of hydrogen-bond donors (Lipinski definition) is 0. The van der Waals surface area contributed by atoms with Gasteiger partial charge in [-0.3, -0.25) is 4.79 Å². The molecular weight excluding hydrogens is 197 g/mol. The first-order valence-electron chi connectivity index (χ1n) is 5.21. The Labute approximate surface area is 90.5 Å². The van der Waals surface area contributed by atoms with Crippen molar-refractivity contribution in [1.82, 2.24) is 4.90 Å². The molecule has 0 aliphatic rings. The fourth-order valence-corrected chi connectivity index (χ4v) is 0.922. The van der Waals surface area contributed by atoms with Crippen molar-refractivity contribution < 1.29 is 9.32 Å². The second kappa shape index (κ2) is 12.9. The van der Waals surface area contributed by atoms with Gasteiger partial charge in [0.25, 0.3) is 0 Å². The van der Waals surface area contributed by atoms with E-state index in [1.807, 2.05) is 9.47 Å². The molecule has 0 saturated carbocycles. The fraction of sp³-hybridized carbons (Fsp3) is 0.900. The Balaban J connectivity index is 0. The molecule has 0 aliphatic heterocycles. The number of rotatable bonds is 5. The summed E-state index contributed by atoms with van der Waals surface area (Å²) in [5.74, 6) is -0.282. The van der Waals surface area contributed by atoms with Crippen LogP contribution < -0.4 is 0 Å². The highest BCUT2D eigenvalue weighted by Gasteiger charge is 1.94. The van der Waals surface area contributed by atoms with Crippen LogP contribution in [0.5, 0.6) is 0 Å². The van der Waals surface area contributed by atoms with Gasteiger partial charge >= 0.3 is 5.97 Å². The molecule has 0 N–H and O–H groups in total. The lowest BCUT2D eigenvalue weighted by molar-refractivity contribution is -0.130. The molecule has 0 aliphatic carbocycles. The minimum atomic E-state index is -0.282. The largest absolute Gasteiger partial charge is 0.452 e. The molecule has 0 spiro atoms. The van der Waals surface area contributed by atoms with Crippen LogP contribution in [0.3, 0.4) is 0 Å². The molecule has 1 atom stereocenters. The van der Waals surface area contributed by atoms with Crippen LogP contribution >= 0.6 is 9.47 Å². The fourth-order valence-electron chi connectivity index (χ4n) is 0.922. The van der Waals surface area contributed by atoms with E-state index in [1.54, 1.807) is 0 Å². The normalized spacial score (nSPS) is 9.29. The number of carbonyl (C=O) groups is 1. The van der Waals surface area contributed by atoms with Crippen LogP contribution in [-0.2, 0) is 9.32 Å². The van der Waals surface area contributed by atoms with Crippen LogP contribution in [0, 0.1) is 0 Å². The van der Waals surface area contributed by atoms with Crippen LogP contribution in [0.15, 0.2) is 0 Å². The Bertz CT molecular complexity index is 127. The molecule has 4 heteroatoms. The summed E-state index contributed by atoms with van der Waals surface area (Å²) in [5, 5.41) is 0. The molecule has 0 saturated heterocycles. The topological polar surface area (TPSA) is 29.5 Å². The molecule has 3 nitrogen and oxygen atoms in total. The Hall–Kier alpha value is -0.140. The summed E-state index contributed by atoms with van der Waals surface area (Å²) in [5.41, 5.74) is 0. The first-order valence-corrected chi connectivity index (χ1v) is 5.69. The van der Waals surface area contributed by atoms with Crippen molar-refractivity contribution in [3.8, 4) is 0 Å². The highest BCUT2D eigenvalue weighted by atomic mass is 31.0. The third-order valence-electron chi connectivity index (χ3n) is 1.89. The summed E-state index contributed by atoms with van der Waals surface area (Å²) in [4.78, 5) is 12.0. The minimum absolute atomic E-state index is 0.282. The molecule has 0 aromatic rings. The number of hydrogen-bond acceptors (Lipinski definition) is 3. The van der Waals surface area contributed by atoms with E-state index in [1.165, 1.54) is 39.4 Å². The van der Waals surface area contributed by atoms with Gasteiger partial charge in [0.15, 0.2) is 0 Å². The molecule has 0 rings (SSSR count). The zero-order valence-corrected chi connectivity index (χ0v) is 11.0. The molecule has 0 amide bonds. The van der Waals surface area contributed by atoms with Gasteiger partial charge in [-0.15, -0.1) is 0 Å². The Morgan fingerprint density at radius 2 is 1.71 bits per heavy atom. The number of nitrogens with zero attached hydrogens (tertiary/aromatic N) is 1. The van der Waals surface area contributed by atoms with Gasteiger partial charge in [-0.05, 0) is 26.1 Å². The second-order valence-corrected chi connectivity index (χ2v) is 3.23. The maximum atomic E-state index is 9.57. The van der Waals surface area contributed by atoms with Gasteiger partial charge in [-0.1, -0.05) is 27.2 Å². The summed E-state index contributed by atoms with van der Waals surface area (Å²) in [7, 11) is 1.84. The highest BCUT2D eigenvalue weighted by molar-refractivity contribution is 7.10. The lowest BCUT2D eigenvalue weighted by atomic mass is 10.3. The molecule has 0 heterocycles. The maximum absolute atomic E-state index is 9.57. The Kier molecular flexibility index (Phi) is 15.0. The molecule has 0 bridgehead atoms. The van der Waals surface area contributed by atoms with Gasteiger partial charge in [-0.2, -0.15) is 0 Å². The van der Waals surface area contributed by atoms with Gasteiger partial charge in [0.1, 0.15) is 0 Å². The molecule has 0 aromatic heterocycles. The average Bonchev–Trinajstić information content (AvgIpc) is 2.20. The van der Waals surface area contributed by atoms with Gasteiger partial charge in [0, 0.05) is 6.92 Å². The van der Waals surface area contributed by atoms with E-state index in [9.17, 15) is 4.79 Å². The van der Waals surface area contributed by atoms with Crippen molar-refractivity contribution in [2.75, 3.05) is 19.6 Å². The molecule has 1 unspecified atom stereocenters. The van der Waals surface area contributed by atoms with Gasteiger partial charge in [-0.25, -0.2) is 0 Å². The molecule has 86 valence electrons. The molecule has 0 radical (unpaired) electrons. The van der Waals surface area contributed by atoms with Crippen molar-refractivity contribution in [1.29, 1.82) is 0 Å². The SMILES string of the molecule is CC(=O)OP.CCCCN(CC)CC. The molecular formula is C10H24NO2P. The molecule has 0 fully saturated rings. The van der Waals surface area contributed by atoms with Gasteiger partial charge < -0.3 is 9.42 Å². The zero-order chi connectivity index (χ0) is 11.4. The lowest BCUT2D eigenvalue weighted by Crippen LogP contribution is -2.23. The van der Waals surface area contributed by atoms with Crippen LogP contribution in [0.4, 0.5) is 0 Å². The van der Waals surface area contributed by atoms with E-state index in [2.05, 4.69) is 30.2 Å². The first-order chi connectivity index (χ1) is 6.62. The predicted molar refractivity (Wildman–Crippen MR) is 64.2 cm³/mol. The zero-order valence-electron chi connectivity index (χ0n) is 9.88. The summed E-state index contributed by atoms with van der Waals surface area (Å²) in [6.07, 6.45) is 2.66. The summed E-state index contributed by atoms with van der Waals surface area (Å²) in [6.45, 7) is 11.7. The van der Waals surface area contributed by atoms with Gasteiger partial charge in [0.05, 0.1) is 9.47 Å². The third-order valence-corrected chi connectivity index (χ3v) is 2.22. The van der Waals surface area contributed by atoms with Crippen molar-refractivity contribution >= 4 is 15.4 Å². The van der Waals surface area contributed by atoms with Crippen molar-refractivity contribution in [2.24, 2.45) is 0 Å². The number of unbranched alkanes of at least 4 members (excludes halogenated alkanes) is 1. The Morgan fingerprint density at radius 3 is 1.93 bits per heavy atom. The minimum Gasteiger partial charge on any atom is -0.452 e.